The van der Waals surface area contributed by atoms with Crippen LogP contribution in [0.1, 0.15) is 34.7 Å². The van der Waals surface area contributed by atoms with Crippen LogP contribution in [-0.2, 0) is 9.53 Å². The molecule has 3 rings (SSSR count). The van der Waals surface area contributed by atoms with Gasteiger partial charge in [-0.3, -0.25) is 19.4 Å². The summed E-state index contributed by atoms with van der Waals surface area (Å²) < 4.78 is 5.08. The van der Waals surface area contributed by atoms with E-state index in [4.69, 9.17) is 4.74 Å². The number of thioether (sulfide) groups is 1. The van der Waals surface area contributed by atoms with E-state index in [1.807, 2.05) is 0 Å². The van der Waals surface area contributed by atoms with E-state index >= 15 is 0 Å². The number of aromatic nitrogens is 1. The number of Topliss-reactive ketones (excluding diaryl/α,β-unsaturated/α-hetero) is 2. The molecule has 2 heterocycles. The molecule has 1 aliphatic heterocycles. The van der Waals surface area contributed by atoms with Crippen LogP contribution in [0.2, 0.25) is 0 Å². The van der Waals surface area contributed by atoms with Gasteiger partial charge in [0.25, 0.3) is 0 Å². The zero-order chi connectivity index (χ0) is 15.2. The molecule has 5 nitrogen and oxygen atoms in total. The van der Waals surface area contributed by atoms with E-state index in [9.17, 15) is 14.4 Å². The number of hydrogen-bond donors (Lipinski definition) is 0. The monoisotopic (exact) mass is 303 g/mol. The molecule has 1 unspecified atom stereocenters. The van der Waals surface area contributed by atoms with Gasteiger partial charge in [0, 0.05) is 17.5 Å². The maximum absolute atomic E-state index is 12.7. The topological polar surface area (TPSA) is 73.3 Å². The van der Waals surface area contributed by atoms with Gasteiger partial charge in [-0.15, -0.1) is 11.8 Å². The summed E-state index contributed by atoms with van der Waals surface area (Å²) in [6.07, 6.45) is 1.47. The van der Waals surface area contributed by atoms with Gasteiger partial charge < -0.3 is 4.74 Å². The molecule has 1 aliphatic carbocycles. The first kappa shape index (κ1) is 14.0. The minimum Gasteiger partial charge on any atom is -0.465 e. The van der Waals surface area contributed by atoms with Crippen LogP contribution < -0.4 is 0 Å². The molecule has 0 N–H and O–H groups in total. The lowest BCUT2D eigenvalue weighted by atomic mass is 9.77. The zero-order valence-corrected chi connectivity index (χ0v) is 12.5. The van der Waals surface area contributed by atoms with Gasteiger partial charge in [-0.25, -0.2) is 0 Å². The number of pyridine rings is 1. The van der Waals surface area contributed by atoms with Gasteiger partial charge in [0.05, 0.1) is 17.1 Å². The van der Waals surface area contributed by atoms with Crippen molar-refractivity contribution < 1.29 is 19.1 Å². The SMILES string of the molecule is CCOC(=O)C1(C)CSC2=C1C(=O)c1ncccc1C2=O. The second-order valence-corrected chi connectivity index (χ2v) is 6.09. The molecule has 21 heavy (non-hydrogen) atoms. The molecule has 0 bridgehead atoms. The molecule has 0 radical (unpaired) electrons. The van der Waals surface area contributed by atoms with Crippen LogP contribution in [0.5, 0.6) is 0 Å². The van der Waals surface area contributed by atoms with Crippen molar-refractivity contribution in [1.29, 1.82) is 0 Å². The number of carbonyl (C=O) groups excluding carboxylic acids is 3. The highest BCUT2D eigenvalue weighted by molar-refractivity contribution is 8.04. The van der Waals surface area contributed by atoms with E-state index in [1.165, 1.54) is 18.0 Å². The molecular weight excluding hydrogens is 290 g/mol. The first-order chi connectivity index (χ1) is 10.0. The van der Waals surface area contributed by atoms with Crippen LogP contribution in [0.3, 0.4) is 0 Å². The Bertz CT molecular complexity index is 709. The van der Waals surface area contributed by atoms with Gasteiger partial charge in [-0.1, -0.05) is 0 Å². The fourth-order valence-electron chi connectivity index (χ4n) is 2.61. The minimum atomic E-state index is -1.09. The molecule has 108 valence electrons. The minimum absolute atomic E-state index is 0.124. The van der Waals surface area contributed by atoms with Crippen molar-refractivity contribution in [3.8, 4) is 0 Å². The first-order valence-corrected chi connectivity index (χ1v) is 7.58. The van der Waals surface area contributed by atoms with Crippen molar-refractivity contribution in [2.24, 2.45) is 5.41 Å². The zero-order valence-electron chi connectivity index (χ0n) is 11.6. The summed E-state index contributed by atoms with van der Waals surface area (Å²) in [7, 11) is 0. The largest absolute Gasteiger partial charge is 0.465 e. The van der Waals surface area contributed by atoms with Gasteiger partial charge in [0.15, 0.2) is 0 Å². The lowest BCUT2D eigenvalue weighted by Gasteiger charge is -2.25. The molecule has 2 aliphatic rings. The van der Waals surface area contributed by atoms with Crippen molar-refractivity contribution in [3.63, 3.8) is 0 Å². The van der Waals surface area contributed by atoms with E-state index in [0.717, 1.165) is 0 Å². The predicted octanol–water partition coefficient (Wildman–Crippen LogP) is 2.03. The standard InChI is InChI=1S/C15H13NO4S/c1-3-20-14(19)15(2)7-21-13-9(15)12(18)10-8(11(13)17)5-4-6-16-10/h4-6H,3,7H2,1-2H3. The Morgan fingerprint density at radius 2 is 2.19 bits per heavy atom. The highest BCUT2D eigenvalue weighted by Gasteiger charge is 2.52. The highest BCUT2D eigenvalue weighted by Crippen LogP contribution is 2.50. The fraction of sp³-hybridized carbons (Fsp3) is 0.333. The lowest BCUT2D eigenvalue weighted by molar-refractivity contribution is -0.150. The summed E-state index contributed by atoms with van der Waals surface area (Å²) in [6.45, 7) is 3.60. The van der Waals surface area contributed by atoms with Crippen LogP contribution in [-0.4, -0.2) is 34.9 Å². The molecule has 1 aromatic heterocycles. The molecule has 0 saturated carbocycles. The highest BCUT2D eigenvalue weighted by atomic mass is 32.2. The molecule has 1 atom stereocenters. The second kappa shape index (κ2) is 4.80. The van der Waals surface area contributed by atoms with Crippen LogP contribution in [0, 0.1) is 5.41 Å². The van der Waals surface area contributed by atoms with Gasteiger partial charge in [0.2, 0.25) is 11.6 Å². The average molecular weight is 303 g/mol. The lowest BCUT2D eigenvalue weighted by Crippen LogP contribution is -2.37. The van der Waals surface area contributed by atoms with Crippen LogP contribution >= 0.6 is 11.8 Å². The van der Waals surface area contributed by atoms with Crippen molar-refractivity contribution in [2.75, 3.05) is 12.4 Å². The summed E-state index contributed by atoms with van der Waals surface area (Å²) in [5.74, 6) is -0.711. The number of hydrogen-bond acceptors (Lipinski definition) is 6. The van der Waals surface area contributed by atoms with Gasteiger partial charge in [-0.05, 0) is 26.0 Å². The summed E-state index contributed by atoms with van der Waals surface area (Å²) >= 11 is 1.24. The number of fused-ring (bicyclic) bond motifs is 1. The molecule has 0 amide bonds. The number of ether oxygens (including phenoxy) is 1. The van der Waals surface area contributed by atoms with Crippen molar-refractivity contribution in [3.05, 3.63) is 40.1 Å². The van der Waals surface area contributed by atoms with Crippen molar-refractivity contribution in [2.45, 2.75) is 13.8 Å². The summed E-state index contributed by atoms with van der Waals surface area (Å²) in [5, 5.41) is 0. The van der Waals surface area contributed by atoms with Gasteiger partial charge >= 0.3 is 5.97 Å². The number of carbonyl (C=O) groups is 3. The van der Waals surface area contributed by atoms with Crippen LogP contribution in [0.4, 0.5) is 0 Å². The number of rotatable bonds is 2. The summed E-state index contributed by atoms with van der Waals surface area (Å²) in [6, 6.07) is 3.21. The van der Waals surface area contributed by atoms with E-state index in [0.29, 0.717) is 16.2 Å². The third-order valence-electron chi connectivity index (χ3n) is 3.71. The molecule has 1 aromatic rings. The maximum Gasteiger partial charge on any atom is 0.317 e. The third kappa shape index (κ3) is 1.86. The van der Waals surface area contributed by atoms with Crippen molar-refractivity contribution >= 4 is 29.3 Å². The number of esters is 1. The van der Waals surface area contributed by atoms with E-state index in [1.54, 1.807) is 26.0 Å². The van der Waals surface area contributed by atoms with E-state index in [-0.39, 0.29) is 29.4 Å². The molecule has 0 saturated heterocycles. The smallest absolute Gasteiger partial charge is 0.317 e. The quantitative estimate of drug-likeness (QED) is 0.778. The Kier molecular flexibility index (Phi) is 3.20. The number of ketones is 2. The van der Waals surface area contributed by atoms with Gasteiger partial charge in [0.1, 0.15) is 11.1 Å². The Labute approximate surface area is 125 Å². The van der Waals surface area contributed by atoms with Gasteiger partial charge in [-0.2, -0.15) is 0 Å². The molecule has 0 fully saturated rings. The van der Waals surface area contributed by atoms with Crippen molar-refractivity contribution in [1.82, 2.24) is 4.98 Å². The maximum atomic E-state index is 12.7. The number of allylic oxidation sites excluding steroid dienone is 1. The molecule has 6 heteroatoms. The molecule has 0 aromatic carbocycles. The number of nitrogens with zero attached hydrogens (tertiary/aromatic N) is 1. The Hall–Kier alpha value is -1.95. The first-order valence-electron chi connectivity index (χ1n) is 6.60. The average Bonchev–Trinajstić information content (AvgIpc) is 2.85. The fourth-order valence-corrected chi connectivity index (χ4v) is 4.00. The Morgan fingerprint density at radius 1 is 1.43 bits per heavy atom. The Balaban J connectivity index is 2.14. The second-order valence-electron chi connectivity index (χ2n) is 5.10. The predicted molar refractivity (Wildman–Crippen MR) is 77.1 cm³/mol. The van der Waals surface area contributed by atoms with Crippen LogP contribution in [0.25, 0.3) is 0 Å². The molecular formula is C15H13NO4S. The summed E-state index contributed by atoms with van der Waals surface area (Å²) in [4.78, 5) is 41.8. The van der Waals surface area contributed by atoms with Crippen LogP contribution in [0.15, 0.2) is 28.8 Å². The third-order valence-corrected chi connectivity index (χ3v) is 5.11. The normalized spacial score (nSPS) is 23.9. The van der Waals surface area contributed by atoms with E-state index < -0.39 is 11.4 Å². The Morgan fingerprint density at radius 3 is 2.90 bits per heavy atom. The summed E-state index contributed by atoms with van der Waals surface area (Å²) in [5.41, 5.74) is -0.416. The van der Waals surface area contributed by atoms with E-state index in [2.05, 4.69) is 4.98 Å². The molecule has 0 spiro atoms.